The fourth-order valence-corrected chi connectivity index (χ4v) is 1.70. The minimum absolute atomic E-state index is 0.202. The van der Waals surface area contributed by atoms with Gasteiger partial charge >= 0.3 is 0 Å². The van der Waals surface area contributed by atoms with Crippen LogP contribution in [0.5, 0.6) is 0 Å². The van der Waals surface area contributed by atoms with Crippen molar-refractivity contribution in [1.29, 1.82) is 0 Å². The van der Waals surface area contributed by atoms with E-state index in [0.717, 1.165) is 12.5 Å². The lowest BCUT2D eigenvalue weighted by atomic mass is 9.96. The molecule has 94 valence electrons. The van der Waals surface area contributed by atoms with Crippen LogP contribution in [0.2, 0.25) is 0 Å². The van der Waals surface area contributed by atoms with Gasteiger partial charge in [0.15, 0.2) is 0 Å². The van der Waals surface area contributed by atoms with Gasteiger partial charge in [0.25, 0.3) is 11.9 Å². The van der Waals surface area contributed by atoms with Crippen LogP contribution in [0.1, 0.15) is 18.4 Å². The quantitative estimate of drug-likeness (QED) is 0.794. The first-order chi connectivity index (χ1) is 7.93. The zero-order valence-corrected chi connectivity index (χ0v) is 9.49. The van der Waals surface area contributed by atoms with Gasteiger partial charge in [-0.25, -0.2) is 8.78 Å². The molecule has 1 saturated heterocycles. The largest absolute Gasteiger partial charge is 0.481 e. The molecule has 1 atom stereocenters. The maximum Gasteiger partial charge on any atom is 0.300 e. The molecule has 1 fully saturated rings. The van der Waals surface area contributed by atoms with Crippen LogP contribution >= 0.6 is 0 Å². The first-order valence-electron chi connectivity index (χ1n) is 5.26. The number of benzene rings is 1. The van der Waals surface area contributed by atoms with E-state index in [4.69, 9.17) is 9.90 Å². The van der Waals surface area contributed by atoms with Gasteiger partial charge in [-0.2, -0.15) is 0 Å². The van der Waals surface area contributed by atoms with Crippen molar-refractivity contribution in [2.24, 2.45) is 0 Å². The number of rotatable bonds is 1. The van der Waals surface area contributed by atoms with E-state index < -0.39 is 17.8 Å². The van der Waals surface area contributed by atoms with Gasteiger partial charge in [0.1, 0.15) is 0 Å². The highest BCUT2D eigenvalue weighted by molar-refractivity contribution is 5.62. The first-order valence-corrected chi connectivity index (χ1v) is 5.26. The third-order valence-corrected chi connectivity index (χ3v) is 2.42. The number of nitrogens with one attached hydrogen (secondary N) is 1. The summed E-state index contributed by atoms with van der Waals surface area (Å²) in [5.41, 5.74) is 0.720. The van der Waals surface area contributed by atoms with Crippen LogP contribution in [-0.4, -0.2) is 30.1 Å². The van der Waals surface area contributed by atoms with Gasteiger partial charge in [0, 0.05) is 13.5 Å². The van der Waals surface area contributed by atoms with E-state index in [1.54, 1.807) is 24.3 Å². The molecular formula is C12H15F2NO2. The van der Waals surface area contributed by atoms with Crippen molar-refractivity contribution >= 4 is 5.97 Å². The third kappa shape index (κ3) is 4.11. The molecule has 5 heteroatoms. The Balaban J connectivity index is 0.000000317. The maximum absolute atomic E-state index is 13.2. The lowest BCUT2D eigenvalue weighted by Gasteiger charge is -2.17. The highest BCUT2D eigenvalue weighted by Gasteiger charge is 2.44. The van der Waals surface area contributed by atoms with E-state index >= 15 is 0 Å². The summed E-state index contributed by atoms with van der Waals surface area (Å²) in [4.78, 5) is 9.00. The van der Waals surface area contributed by atoms with Crippen LogP contribution in [-0.2, 0) is 4.79 Å². The van der Waals surface area contributed by atoms with Crippen molar-refractivity contribution in [2.45, 2.75) is 18.8 Å². The average molecular weight is 243 g/mol. The second kappa shape index (κ2) is 5.72. The van der Waals surface area contributed by atoms with E-state index in [0.29, 0.717) is 6.54 Å². The molecule has 0 spiro atoms. The van der Waals surface area contributed by atoms with Gasteiger partial charge < -0.3 is 10.4 Å². The summed E-state index contributed by atoms with van der Waals surface area (Å²) in [5, 5.41) is 10.1. The molecule has 0 bridgehead atoms. The summed E-state index contributed by atoms with van der Waals surface area (Å²) < 4.78 is 26.5. The summed E-state index contributed by atoms with van der Waals surface area (Å²) >= 11 is 0. The number of hydrogen-bond donors (Lipinski definition) is 2. The van der Waals surface area contributed by atoms with Crippen LogP contribution < -0.4 is 5.32 Å². The summed E-state index contributed by atoms with van der Waals surface area (Å²) in [6.45, 7) is 1.25. The molecule has 2 N–H and O–H groups in total. The lowest BCUT2D eigenvalue weighted by Crippen LogP contribution is -2.25. The van der Waals surface area contributed by atoms with Gasteiger partial charge in [-0.15, -0.1) is 0 Å². The molecule has 0 amide bonds. The summed E-state index contributed by atoms with van der Waals surface area (Å²) in [6.07, 6.45) is 0. The molecule has 1 aliphatic heterocycles. The van der Waals surface area contributed by atoms with Crippen LogP contribution in [0.3, 0.4) is 0 Å². The fourth-order valence-electron chi connectivity index (χ4n) is 1.70. The van der Waals surface area contributed by atoms with Crippen LogP contribution in [0, 0.1) is 0 Å². The Hall–Kier alpha value is -1.49. The van der Waals surface area contributed by atoms with Crippen LogP contribution in [0.25, 0.3) is 0 Å². The van der Waals surface area contributed by atoms with Gasteiger partial charge in [-0.3, -0.25) is 4.79 Å². The number of carbonyl (C=O) groups is 1. The molecule has 17 heavy (non-hydrogen) atoms. The predicted octanol–water partition coefficient (Wildman–Crippen LogP) is 2.10. The van der Waals surface area contributed by atoms with Gasteiger partial charge in [-0.1, -0.05) is 30.3 Å². The predicted molar refractivity (Wildman–Crippen MR) is 60.3 cm³/mol. The molecule has 0 saturated carbocycles. The molecule has 1 heterocycles. The minimum atomic E-state index is -2.60. The Morgan fingerprint density at radius 1 is 1.41 bits per heavy atom. The zero-order valence-electron chi connectivity index (χ0n) is 9.49. The van der Waals surface area contributed by atoms with E-state index in [1.807, 2.05) is 6.07 Å². The Morgan fingerprint density at radius 2 is 1.94 bits per heavy atom. The lowest BCUT2D eigenvalue weighted by molar-refractivity contribution is -0.134. The molecule has 2 rings (SSSR count). The Kier molecular flexibility index (Phi) is 4.57. The summed E-state index contributed by atoms with van der Waals surface area (Å²) in [7, 11) is 0. The average Bonchev–Trinajstić information content (AvgIpc) is 2.58. The smallest absolute Gasteiger partial charge is 0.300 e. The maximum atomic E-state index is 13.2. The van der Waals surface area contributed by atoms with Crippen molar-refractivity contribution in [3.05, 3.63) is 35.9 Å². The number of hydrogen-bond acceptors (Lipinski definition) is 2. The molecule has 3 nitrogen and oxygen atoms in total. The van der Waals surface area contributed by atoms with Crippen molar-refractivity contribution in [1.82, 2.24) is 5.32 Å². The molecule has 1 aromatic carbocycles. The van der Waals surface area contributed by atoms with Gasteiger partial charge in [0.05, 0.1) is 12.5 Å². The SMILES string of the molecule is CC(=O)O.FC1(F)CNCC1c1ccccc1. The second-order valence-electron chi connectivity index (χ2n) is 3.87. The molecule has 1 aliphatic rings. The number of carboxylic acids is 1. The monoisotopic (exact) mass is 243 g/mol. The molecule has 0 aromatic heterocycles. The van der Waals surface area contributed by atoms with Crippen LogP contribution in [0.4, 0.5) is 8.78 Å². The summed E-state index contributed by atoms with van der Waals surface area (Å²) in [5.74, 6) is -4.09. The van der Waals surface area contributed by atoms with Gasteiger partial charge in [0.2, 0.25) is 0 Å². The molecular weight excluding hydrogens is 228 g/mol. The Bertz CT molecular complexity index is 364. The van der Waals surface area contributed by atoms with E-state index in [1.165, 1.54) is 0 Å². The standard InChI is InChI=1S/C10H11F2N.C2H4O2/c11-10(12)7-13-6-9(10)8-4-2-1-3-5-8;1-2(3)4/h1-5,9,13H,6-7H2;1H3,(H,3,4). The van der Waals surface area contributed by atoms with E-state index in [9.17, 15) is 8.78 Å². The molecule has 0 aliphatic carbocycles. The van der Waals surface area contributed by atoms with Crippen molar-refractivity contribution in [3.63, 3.8) is 0 Å². The first kappa shape index (κ1) is 13.6. The van der Waals surface area contributed by atoms with Crippen molar-refractivity contribution < 1.29 is 18.7 Å². The fraction of sp³-hybridized carbons (Fsp3) is 0.417. The van der Waals surface area contributed by atoms with Crippen molar-refractivity contribution in [2.75, 3.05) is 13.1 Å². The number of aliphatic carboxylic acids is 1. The van der Waals surface area contributed by atoms with Crippen molar-refractivity contribution in [3.8, 4) is 0 Å². The van der Waals surface area contributed by atoms with Gasteiger partial charge in [-0.05, 0) is 5.56 Å². The number of carboxylic acid groups (broad SMARTS) is 1. The number of alkyl halides is 2. The van der Waals surface area contributed by atoms with E-state index in [-0.39, 0.29) is 6.54 Å². The Labute approximate surface area is 98.5 Å². The highest BCUT2D eigenvalue weighted by Crippen LogP contribution is 2.35. The summed E-state index contributed by atoms with van der Waals surface area (Å²) in [6, 6.07) is 8.94. The second-order valence-corrected chi connectivity index (χ2v) is 3.87. The molecule has 1 aromatic rings. The topological polar surface area (TPSA) is 49.3 Å². The van der Waals surface area contributed by atoms with E-state index in [2.05, 4.69) is 5.32 Å². The third-order valence-electron chi connectivity index (χ3n) is 2.42. The van der Waals surface area contributed by atoms with Crippen LogP contribution in [0.15, 0.2) is 30.3 Å². The highest BCUT2D eigenvalue weighted by atomic mass is 19.3. The zero-order chi connectivity index (χ0) is 12.9. The minimum Gasteiger partial charge on any atom is -0.481 e. The Morgan fingerprint density at radius 3 is 2.35 bits per heavy atom. The normalized spacial score (nSPS) is 21.5. The number of halogens is 2. The molecule has 0 radical (unpaired) electrons. The molecule has 1 unspecified atom stereocenters.